The maximum Gasteiger partial charge on any atom is 0.119 e. The highest BCUT2D eigenvalue weighted by Crippen LogP contribution is 2.31. The smallest absolute Gasteiger partial charge is 0.119 e. The van der Waals surface area contributed by atoms with Gasteiger partial charge in [-0.3, -0.25) is 0 Å². The molecule has 1 saturated heterocycles. The van der Waals surface area contributed by atoms with E-state index in [9.17, 15) is 0 Å². The summed E-state index contributed by atoms with van der Waals surface area (Å²) in [5.74, 6) is 2.24. The molecule has 1 aromatic carbocycles. The van der Waals surface area contributed by atoms with E-state index in [1.54, 1.807) is 0 Å². The molecule has 1 heterocycles. The fourth-order valence-electron chi connectivity index (χ4n) is 1.77. The number of nitrogens with one attached hydrogen (secondary N) is 1. The van der Waals surface area contributed by atoms with Crippen LogP contribution in [0.5, 0.6) is 5.75 Å². The lowest BCUT2D eigenvalue weighted by Crippen LogP contribution is -2.25. The molecule has 16 heavy (non-hydrogen) atoms. The Morgan fingerprint density at radius 2 is 2.44 bits per heavy atom. The molecule has 1 aromatic rings. The van der Waals surface area contributed by atoms with Crippen molar-refractivity contribution < 1.29 is 4.74 Å². The summed E-state index contributed by atoms with van der Waals surface area (Å²) >= 11 is 1.98. The molecule has 1 aliphatic rings. The monoisotopic (exact) mass is 237 g/mol. The largest absolute Gasteiger partial charge is 0.494 e. The quantitative estimate of drug-likeness (QED) is 0.869. The average molecular weight is 237 g/mol. The Kier molecular flexibility index (Phi) is 4.55. The first kappa shape index (κ1) is 11.8. The van der Waals surface area contributed by atoms with Crippen molar-refractivity contribution in [1.29, 1.82) is 0 Å². The van der Waals surface area contributed by atoms with E-state index >= 15 is 0 Å². The zero-order valence-electron chi connectivity index (χ0n) is 9.74. The van der Waals surface area contributed by atoms with Crippen LogP contribution in [0.1, 0.15) is 30.7 Å². The molecule has 1 aliphatic heterocycles. The zero-order valence-corrected chi connectivity index (χ0v) is 10.6. The van der Waals surface area contributed by atoms with Crippen molar-refractivity contribution in [1.82, 2.24) is 5.32 Å². The predicted octanol–water partition coefficient (Wildman–Crippen LogP) is 3.20. The van der Waals surface area contributed by atoms with Crippen molar-refractivity contribution in [3.63, 3.8) is 0 Å². The zero-order chi connectivity index (χ0) is 11.2. The second-order valence-corrected chi connectivity index (χ2v) is 5.19. The Hall–Kier alpha value is -0.670. The number of hydrogen-bond acceptors (Lipinski definition) is 3. The normalized spacial score (nSPS) is 20.7. The van der Waals surface area contributed by atoms with Gasteiger partial charge in [-0.2, -0.15) is 0 Å². The van der Waals surface area contributed by atoms with Crippen LogP contribution < -0.4 is 10.1 Å². The van der Waals surface area contributed by atoms with Crippen LogP contribution in [-0.4, -0.2) is 18.9 Å². The van der Waals surface area contributed by atoms with E-state index < -0.39 is 0 Å². The number of benzene rings is 1. The van der Waals surface area contributed by atoms with E-state index in [0.717, 1.165) is 25.3 Å². The first-order chi connectivity index (χ1) is 7.90. The maximum absolute atomic E-state index is 5.65. The van der Waals surface area contributed by atoms with Crippen molar-refractivity contribution >= 4 is 11.8 Å². The highest BCUT2D eigenvalue weighted by Gasteiger charge is 2.15. The van der Waals surface area contributed by atoms with Crippen LogP contribution in [-0.2, 0) is 0 Å². The van der Waals surface area contributed by atoms with Gasteiger partial charge in [0.05, 0.1) is 12.0 Å². The van der Waals surface area contributed by atoms with Gasteiger partial charge in [-0.1, -0.05) is 19.1 Å². The van der Waals surface area contributed by atoms with Gasteiger partial charge in [-0.25, -0.2) is 0 Å². The van der Waals surface area contributed by atoms with Crippen LogP contribution in [0, 0.1) is 0 Å². The lowest BCUT2D eigenvalue weighted by Gasteiger charge is -2.23. The summed E-state index contributed by atoms with van der Waals surface area (Å²) < 4.78 is 5.65. The van der Waals surface area contributed by atoms with Gasteiger partial charge < -0.3 is 10.1 Å². The molecule has 2 nitrogen and oxygen atoms in total. The third-order valence-electron chi connectivity index (χ3n) is 2.57. The van der Waals surface area contributed by atoms with Crippen LogP contribution in [0.4, 0.5) is 0 Å². The topological polar surface area (TPSA) is 21.3 Å². The minimum atomic E-state index is 0.443. The van der Waals surface area contributed by atoms with Crippen LogP contribution in [0.15, 0.2) is 24.3 Å². The molecule has 1 atom stereocenters. The molecular weight excluding hydrogens is 218 g/mol. The lowest BCUT2D eigenvalue weighted by molar-refractivity contribution is 0.317. The van der Waals surface area contributed by atoms with E-state index in [0.29, 0.717) is 5.37 Å². The SMILES string of the molecule is CCCOc1cccc(C2NCCCS2)c1. The van der Waals surface area contributed by atoms with Gasteiger partial charge in [0.1, 0.15) is 5.75 Å². The molecule has 0 spiro atoms. The van der Waals surface area contributed by atoms with Gasteiger partial charge in [0.15, 0.2) is 0 Å². The third kappa shape index (κ3) is 3.16. The van der Waals surface area contributed by atoms with Crippen LogP contribution in [0.25, 0.3) is 0 Å². The summed E-state index contributed by atoms with van der Waals surface area (Å²) in [6.45, 7) is 4.05. The lowest BCUT2D eigenvalue weighted by atomic mass is 10.2. The molecule has 0 aliphatic carbocycles. The Morgan fingerprint density at radius 3 is 3.19 bits per heavy atom. The molecule has 0 saturated carbocycles. The highest BCUT2D eigenvalue weighted by molar-refractivity contribution is 7.99. The van der Waals surface area contributed by atoms with Crippen LogP contribution >= 0.6 is 11.8 Å². The highest BCUT2D eigenvalue weighted by atomic mass is 32.2. The molecule has 88 valence electrons. The van der Waals surface area contributed by atoms with Gasteiger partial charge in [0.2, 0.25) is 0 Å². The molecule has 1 N–H and O–H groups in total. The second-order valence-electron chi connectivity index (χ2n) is 3.98. The molecule has 0 aromatic heterocycles. The van der Waals surface area contributed by atoms with Gasteiger partial charge in [-0.15, -0.1) is 11.8 Å². The van der Waals surface area contributed by atoms with E-state index in [1.165, 1.54) is 17.7 Å². The molecular formula is C13H19NOS. The fraction of sp³-hybridized carbons (Fsp3) is 0.538. The fourth-order valence-corrected chi connectivity index (χ4v) is 2.89. The number of hydrogen-bond donors (Lipinski definition) is 1. The second kappa shape index (κ2) is 6.16. The average Bonchev–Trinajstić information content (AvgIpc) is 2.38. The minimum absolute atomic E-state index is 0.443. The number of ether oxygens (including phenoxy) is 1. The van der Waals surface area contributed by atoms with Gasteiger partial charge in [0.25, 0.3) is 0 Å². The first-order valence-electron chi connectivity index (χ1n) is 5.98. The van der Waals surface area contributed by atoms with E-state index in [1.807, 2.05) is 17.8 Å². The Balaban J connectivity index is 2.02. The molecule has 0 amide bonds. The first-order valence-corrected chi connectivity index (χ1v) is 7.03. The summed E-state index contributed by atoms with van der Waals surface area (Å²) in [5, 5.41) is 3.97. The number of rotatable bonds is 4. The summed E-state index contributed by atoms with van der Waals surface area (Å²) in [5.41, 5.74) is 1.33. The summed E-state index contributed by atoms with van der Waals surface area (Å²) in [6.07, 6.45) is 2.33. The molecule has 3 heteroatoms. The Bertz CT molecular complexity index is 323. The molecule has 0 bridgehead atoms. The molecule has 2 rings (SSSR count). The minimum Gasteiger partial charge on any atom is -0.494 e. The van der Waals surface area contributed by atoms with Crippen LogP contribution in [0.3, 0.4) is 0 Å². The van der Waals surface area contributed by atoms with Crippen molar-refractivity contribution in [2.24, 2.45) is 0 Å². The van der Waals surface area contributed by atoms with Gasteiger partial charge in [-0.05, 0) is 42.8 Å². The van der Waals surface area contributed by atoms with Crippen LogP contribution in [0.2, 0.25) is 0 Å². The van der Waals surface area contributed by atoms with E-state index in [2.05, 4.69) is 30.4 Å². The summed E-state index contributed by atoms with van der Waals surface area (Å²) in [7, 11) is 0. The van der Waals surface area contributed by atoms with Crippen molar-refractivity contribution in [3.05, 3.63) is 29.8 Å². The molecule has 1 fully saturated rings. The Labute approximate surface area is 102 Å². The van der Waals surface area contributed by atoms with Gasteiger partial charge >= 0.3 is 0 Å². The molecule has 1 unspecified atom stereocenters. The van der Waals surface area contributed by atoms with Crippen molar-refractivity contribution in [2.75, 3.05) is 18.9 Å². The standard InChI is InChI=1S/C13H19NOS/c1-2-8-15-12-6-3-5-11(10-12)13-14-7-4-9-16-13/h3,5-6,10,13-14H,2,4,7-9H2,1H3. The third-order valence-corrected chi connectivity index (χ3v) is 3.87. The van der Waals surface area contributed by atoms with E-state index in [-0.39, 0.29) is 0 Å². The van der Waals surface area contributed by atoms with Crippen molar-refractivity contribution in [2.45, 2.75) is 25.1 Å². The van der Waals surface area contributed by atoms with Gasteiger partial charge in [0, 0.05) is 0 Å². The maximum atomic E-state index is 5.65. The molecule has 0 radical (unpaired) electrons. The van der Waals surface area contributed by atoms with Crippen molar-refractivity contribution in [3.8, 4) is 5.75 Å². The predicted molar refractivity (Wildman–Crippen MR) is 70.0 cm³/mol. The number of thioether (sulfide) groups is 1. The Morgan fingerprint density at radius 1 is 1.50 bits per heavy atom. The summed E-state index contributed by atoms with van der Waals surface area (Å²) in [4.78, 5) is 0. The summed E-state index contributed by atoms with van der Waals surface area (Å²) in [6, 6.07) is 8.45. The van der Waals surface area contributed by atoms with E-state index in [4.69, 9.17) is 4.74 Å².